The molecule has 6 rings (SSSR count). The second-order valence-electron chi connectivity index (χ2n) is 8.67. The number of aromatic nitrogens is 1. The molecule has 32 heavy (non-hydrogen) atoms. The number of hydrogen-bond donors (Lipinski definition) is 0. The molecule has 2 heterocycles. The Labute approximate surface area is 187 Å². The molecule has 0 spiro atoms. The molecule has 4 aromatic carbocycles. The molecule has 2 aromatic heterocycles. The third-order valence-electron chi connectivity index (χ3n) is 6.53. The standard InChI is InChI=1S/C30H24NO/c1-19-8-11-21(12-9-19)23-16-17-31(3)26(18-23)28-20(2)10-14-25-29-24-7-5-4-6-22(24)13-15-27(29)32-30(25)28/h4-18H,1-3H3/q+1. The fraction of sp³-hybridized carbons (Fsp3) is 0.100. The number of fused-ring (bicyclic) bond motifs is 5. The molecule has 0 aliphatic rings. The Kier molecular flexibility index (Phi) is 4.16. The summed E-state index contributed by atoms with van der Waals surface area (Å²) in [6.45, 7) is 4.29. The first-order valence-corrected chi connectivity index (χ1v) is 11.0. The van der Waals surface area contributed by atoms with E-state index in [-0.39, 0.29) is 0 Å². The average molecular weight is 415 g/mol. The van der Waals surface area contributed by atoms with Crippen LogP contribution in [0.2, 0.25) is 0 Å². The summed E-state index contributed by atoms with van der Waals surface area (Å²) in [5.74, 6) is 0. The van der Waals surface area contributed by atoms with E-state index in [0.717, 1.165) is 27.8 Å². The second kappa shape index (κ2) is 7.06. The van der Waals surface area contributed by atoms with Crippen molar-refractivity contribution >= 4 is 32.7 Å². The second-order valence-corrected chi connectivity index (χ2v) is 8.67. The van der Waals surface area contributed by atoms with Crippen LogP contribution in [0.1, 0.15) is 11.1 Å². The van der Waals surface area contributed by atoms with Crippen molar-refractivity contribution in [2.75, 3.05) is 0 Å². The average Bonchev–Trinajstić information content (AvgIpc) is 3.19. The summed E-state index contributed by atoms with van der Waals surface area (Å²) < 4.78 is 8.72. The van der Waals surface area contributed by atoms with Crippen LogP contribution in [0.25, 0.3) is 55.1 Å². The molecule has 0 aliphatic carbocycles. The lowest BCUT2D eigenvalue weighted by atomic mass is 9.97. The number of hydrogen-bond acceptors (Lipinski definition) is 1. The largest absolute Gasteiger partial charge is 0.455 e. The van der Waals surface area contributed by atoms with Crippen molar-refractivity contribution in [3.05, 3.63) is 102 Å². The van der Waals surface area contributed by atoms with E-state index in [2.05, 4.69) is 117 Å². The van der Waals surface area contributed by atoms with Crippen LogP contribution in [-0.4, -0.2) is 0 Å². The van der Waals surface area contributed by atoms with Crippen LogP contribution in [0.3, 0.4) is 0 Å². The van der Waals surface area contributed by atoms with Crippen molar-refractivity contribution in [3.63, 3.8) is 0 Å². The lowest BCUT2D eigenvalue weighted by Gasteiger charge is -2.08. The van der Waals surface area contributed by atoms with E-state index in [4.69, 9.17) is 4.42 Å². The topological polar surface area (TPSA) is 17.0 Å². The number of aryl methyl sites for hydroxylation is 3. The Morgan fingerprint density at radius 1 is 0.719 bits per heavy atom. The van der Waals surface area contributed by atoms with E-state index >= 15 is 0 Å². The highest BCUT2D eigenvalue weighted by atomic mass is 16.3. The maximum absolute atomic E-state index is 6.53. The molecule has 0 saturated carbocycles. The van der Waals surface area contributed by atoms with Crippen LogP contribution in [-0.2, 0) is 7.05 Å². The van der Waals surface area contributed by atoms with Gasteiger partial charge in [0.15, 0.2) is 6.20 Å². The van der Waals surface area contributed by atoms with Gasteiger partial charge in [0.25, 0.3) is 0 Å². The first kappa shape index (κ1) is 18.8. The molecular weight excluding hydrogens is 390 g/mol. The lowest BCUT2D eigenvalue weighted by molar-refractivity contribution is -0.660. The van der Waals surface area contributed by atoms with Gasteiger partial charge in [-0.3, -0.25) is 0 Å². The summed E-state index contributed by atoms with van der Waals surface area (Å²) in [5, 5.41) is 4.82. The SMILES string of the molecule is Cc1ccc(-c2cc[n+](C)c(-c3c(C)ccc4c3oc3ccc5ccccc5c34)c2)cc1. The molecule has 0 N–H and O–H groups in total. The van der Waals surface area contributed by atoms with Crippen LogP contribution in [0.15, 0.2) is 95.5 Å². The maximum Gasteiger partial charge on any atom is 0.216 e. The van der Waals surface area contributed by atoms with Gasteiger partial charge in [-0.1, -0.05) is 72.3 Å². The molecule has 0 unspecified atom stereocenters. The lowest BCUT2D eigenvalue weighted by Crippen LogP contribution is -2.30. The molecule has 2 nitrogen and oxygen atoms in total. The summed E-state index contributed by atoms with van der Waals surface area (Å²) in [6.07, 6.45) is 2.14. The summed E-state index contributed by atoms with van der Waals surface area (Å²) in [4.78, 5) is 0. The Morgan fingerprint density at radius 2 is 1.53 bits per heavy atom. The summed E-state index contributed by atoms with van der Waals surface area (Å²) in [6, 6.07) is 30.4. The van der Waals surface area contributed by atoms with Gasteiger partial charge in [0.2, 0.25) is 5.69 Å². The molecule has 0 radical (unpaired) electrons. The Balaban J connectivity index is 1.66. The monoisotopic (exact) mass is 414 g/mol. The third kappa shape index (κ3) is 2.84. The van der Waals surface area contributed by atoms with Gasteiger partial charge in [-0.25, -0.2) is 4.57 Å². The highest BCUT2D eigenvalue weighted by molar-refractivity contribution is 6.20. The van der Waals surface area contributed by atoms with Gasteiger partial charge in [0.05, 0.1) is 5.56 Å². The van der Waals surface area contributed by atoms with Crippen molar-refractivity contribution in [1.29, 1.82) is 0 Å². The van der Waals surface area contributed by atoms with Gasteiger partial charge < -0.3 is 4.42 Å². The zero-order valence-corrected chi connectivity index (χ0v) is 18.5. The number of benzene rings is 4. The number of rotatable bonds is 2. The highest BCUT2D eigenvalue weighted by Gasteiger charge is 2.22. The van der Waals surface area contributed by atoms with Crippen LogP contribution in [0.4, 0.5) is 0 Å². The van der Waals surface area contributed by atoms with E-state index in [1.54, 1.807) is 0 Å². The Morgan fingerprint density at radius 3 is 2.38 bits per heavy atom. The predicted octanol–water partition coefficient (Wildman–Crippen LogP) is 7.51. The van der Waals surface area contributed by atoms with E-state index in [9.17, 15) is 0 Å². The normalized spacial score (nSPS) is 11.6. The molecular formula is C30H24NO+. The van der Waals surface area contributed by atoms with E-state index in [1.165, 1.54) is 38.4 Å². The molecule has 0 amide bonds. The van der Waals surface area contributed by atoms with Gasteiger partial charge in [0, 0.05) is 22.9 Å². The Bertz CT molecular complexity index is 1640. The third-order valence-corrected chi connectivity index (χ3v) is 6.53. The molecule has 154 valence electrons. The molecule has 6 aromatic rings. The van der Waals surface area contributed by atoms with E-state index < -0.39 is 0 Å². The van der Waals surface area contributed by atoms with Crippen LogP contribution >= 0.6 is 0 Å². The zero-order valence-electron chi connectivity index (χ0n) is 18.5. The van der Waals surface area contributed by atoms with Crippen molar-refractivity contribution in [2.45, 2.75) is 13.8 Å². The van der Waals surface area contributed by atoms with Crippen molar-refractivity contribution in [2.24, 2.45) is 7.05 Å². The van der Waals surface area contributed by atoms with Crippen molar-refractivity contribution in [1.82, 2.24) is 0 Å². The number of furan rings is 1. The molecule has 0 atom stereocenters. The van der Waals surface area contributed by atoms with Crippen LogP contribution in [0.5, 0.6) is 0 Å². The number of nitrogens with zero attached hydrogens (tertiary/aromatic N) is 1. The molecule has 0 fully saturated rings. The maximum atomic E-state index is 6.53. The van der Waals surface area contributed by atoms with Gasteiger partial charge in [-0.05, 0) is 47.4 Å². The first-order valence-electron chi connectivity index (χ1n) is 11.0. The zero-order chi connectivity index (χ0) is 21.8. The Hall–Kier alpha value is -3.91. The smallest absolute Gasteiger partial charge is 0.216 e. The summed E-state index contributed by atoms with van der Waals surface area (Å²) in [7, 11) is 2.10. The fourth-order valence-electron chi connectivity index (χ4n) is 4.77. The molecule has 0 saturated heterocycles. The quantitative estimate of drug-likeness (QED) is 0.268. The van der Waals surface area contributed by atoms with E-state index in [0.29, 0.717) is 0 Å². The van der Waals surface area contributed by atoms with Gasteiger partial charge in [-0.2, -0.15) is 0 Å². The molecule has 0 bridgehead atoms. The van der Waals surface area contributed by atoms with Crippen LogP contribution < -0.4 is 4.57 Å². The van der Waals surface area contributed by atoms with Crippen molar-refractivity contribution < 1.29 is 8.98 Å². The van der Waals surface area contributed by atoms with Gasteiger partial charge in [-0.15, -0.1) is 0 Å². The van der Waals surface area contributed by atoms with E-state index in [1.807, 2.05) is 0 Å². The summed E-state index contributed by atoms with van der Waals surface area (Å²) in [5.41, 5.74) is 9.08. The van der Waals surface area contributed by atoms with Gasteiger partial charge in [0.1, 0.15) is 18.2 Å². The summed E-state index contributed by atoms with van der Waals surface area (Å²) >= 11 is 0. The minimum Gasteiger partial charge on any atom is -0.455 e. The predicted molar refractivity (Wildman–Crippen MR) is 133 cm³/mol. The fourth-order valence-corrected chi connectivity index (χ4v) is 4.77. The molecule has 0 aliphatic heterocycles. The minimum atomic E-state index is 0.933. The van der Waals surface area contributed by atoms with Gasteiger partial charge >= 0.3 is 0 Å². The van der Waals surface area contributed by atoms with Crippen molar-refractivity contribution in [3.8, 4) is 22.4 Å². The first-order chi connectivity index (χ1) is 15.6. The van der Waals surface area contributed by atoms with Crippen LogP contribution in [0, 0.1) is 13.8 Å². The molecule has 2 heteroatoms. The highest BCUT2D eigenvalue weighted by Crippen LogP contribution is 2.40. The number of pyridine rings is 1. The minimum absolute atomic E-state index is 0.933.